The van der Waals surface area contributed by atoms with Crippen LogP contribution in [0.5, 0.6) is 0 Å². The van der Waals surface area contributed by atoms with Gasteiger partial charge in [0.15, 0.2) is 0 Å². The van der Waals surface area contributed by atoms with Gasteiger partial charge in [-0.3, -0.25) is 5.32 Å². The lowest BCUT2D eigenvalue weighted by Crippen LogP contribution is -2.02. The number of aryl methyl sites for hydroxylation is 2. The first-order valence-corrected chi connectivity index (χ1v) is 5.06. The van der Waals surface area contributed by atoms with E-state index in [9.17, 15) is 0 Å². The van der Waals surface area contributed by atoms with Crippen LogP contribution in [0.25, 0.3) is 0 Å². The van der Waals surface area contributed by atoms with Crippen molar-refractivity contribution in [2.75, 3.05) is 5.32 Å². The topological polar surface area (TPSA) is 89.6 Å². The van der Waals surface area contributed by atoms with Crippen molar-refractivity contribution in [3.8, 4) is 0 Å². The van der Waals surface area contributed by atoms with E-state index in [0.29, 0.717) is 11.8 Å². The molecule has 2 heterocycles. The minimum Gasteiger partial charge on any atom is -0.407 e. The van der Waals surface area contributed by atoms with Crippen LogP contribution in [0.4, 0.5) is 12.0 Å². The quantitative estimate of drug-likeness (QED) is 0.810. The zero-order chi connectivity index (χ0) is 11.5. The Hall–Kier alpha value is -1.76. The smallest absolute Gasteiger partial charge is 0.322 e. The predicted octanol–water partition coefficient (Wildman–Crippen LogP) is 1.35. The van der Waals surface area contributed by atoms with Crippen LogP contribution in [0.1, 0.15) is 17.3 Å². The van der Waals surface area contributed by atoms with Gasteiger partial charge < -0.3 is 4.42 Å². The molecular formula is C8H9ClN6O. The lowest BCUT2D eigenvalue weighted by Gasteiger charge is -2.00. The average Bonchev–Trinajstić information content (AvgIpc) is 2.71. The van der Waals surface area contributed by atoms with Gasteiger partial charge in [-0.05, 0) is 13.8 Å². The Morgan fingerprint density at radius 1 is 1.12 bits per heavy atom. The van der Waals surface area contributed by atoms with Crippen molar-refractivity contribution in [1.82, 2.24) is 25.4 Å². The Labute approximate surface area is 96.3 Å². The van der Waals surface area contributed by atoms with Gasteiger partial charge in [0.1, 0.15) is 5.88 Å². The van der Waals surface area contributed by atoms with E-state index in [-0.39, 0.29) is 11.9 Å². The third-order valence-corrected chi connectivity index (χ3v) is 2.12. The molecule has 0 spiro atoms. The minimum atomic E-state index is 0.167. The van der Waals surface area contributed by atoms with E-state index in [1.54, 1.807) is 0 Å². The first kappa shape index (κ1) is 10.7. The molecule has 0 aliphatic heterocycles. The number of hydrogen-bond donors (Lipinski definition) is 1. The molecule has 1 N–H and O–H groups in total. The highest BCUT2D eigenvalue weighted by atomic mass is 35.5. The number of nitrogens with one attached hydrogen (secondary N) is 1. The zero-order valence-electron chi connectivity index (χ0n) is 8.73. The molecule has 0 atom stereocenters. The van der Waals surface area contributed by atoms with Gasteiger partial charge >= 0.3 is 6.01 Å². The molecule has 16 heavy (non-hydrogen) atoms. The van der Waals surface area contributed by atoms with Crippen molar-refractivity contribution in [3.63, 3.8) is 0 Å². The van der Waals surface area contributed by atoms with E-state index in [2.05, 4.69) is 30.7 Å². The summed E-state index contributed by atoms with van der Waals surface area (Å²) in [6.45, 7) is 3.67. The maximum Gasteiger partial charge on any atom is 0.322 e. The fraction of sp³-hybridized carbons (Fsp3) is 0.375. The summed E-state index contributed by atoms with van der Waals surface area (Å²) in [7, 11) is 0. The summed E-state index contributed by atoms with van der Waals surface area (Å²) in [6, 6.07) is 0.195. The summed E-state index contributed by atoms with van der Waals surface area (Å²) in [5.41, 5.74) is 1.56. The second-order valence-corrected chi connectivity index (χ2v) is 3.33. The summed E-state index contributed by atoms with van der Waals surface area (Å²) >= 11 is 5.52. The van der Waals surface area contributed by atoms with Crippen LogP contribution < -0.4 is 5.32 Å². The number of halogens is 1. The van der Waals surface area contributed by atoms with Gasteiger partial charge in [0, 0.05) is 0 Å². The van der Waals surface area contributed by atoms with Gasteiger partial charge in [-0.2, -0.15) is 5.10 Å². The fourth-order valence-corrected chi connectivity index (χ4v) is 1.07. The van der Waals surface area contributed by atoms with E-state index >= 15 is 0 Å². The van der Waals surface area contributed by atoms with Crippen LogP contribution in [0.15, 0.2) is 4.42 Å². The molecule has 2 aromatic rings. The Kier molecular flexibility index (Phi) is 2.95. The van der Waals surface area contributed by atoms with E-state index < -0.39 is 0 Å². The zero-order valence-corrected chi connectivity index (χ0v) is 9.49. The summed E-state index contributed by atoms with van der Waals surface area (Å²) < 4.78 is 5.13. The van der Waals surface area contributed by atoms with Crippen LogP contribution >= 0.6 is 11.6 Å². The number of rotatable bonds is 3. The Bertz CT molecular complexity index is 499. The molecule has 0 amide bonds. The van der Waals surface area contributed by atoms with Crippen LogP contribution in [0.3, 0.4) is 0 Å². The first-order valence-electron chi connectivity index (χ1n) is 4.52. The van der Waals surface area contributed by atoms with Crippen molar-refractivity contribution in [3.05, 3.63) is 17.3 Å². The van der Waals surface area contributed by atoms with Gasteiger partial charge in [-0.25, -0.2) is 4.98 Å². The van der Waals surface area contributed by atoms with Crippen molar-refractivity contribution < 1.29 is 4.42 Å². The van der Waals surface area contributed by atoms with Crippen LogP contribution in [0, 0.1) is 13.8 Å². The lowest BCUT2D eigenvalue weighted by molar-refractivity contribution is 0.529. The van der Waals surface area contributed by atoms with Gasteiger partial charge in [0.05, 0.1) is 11.4 Å². The second kappa shape index (κ2) is 4.40. The van der Waals surface area contributed by atoms with Crippen molar-refractivity contribution in [1.29, 1.82) is 0 Å². The monoisotopic (exact) mass is 240 g/mol. The lowest BCUT2D eigenvalue weighted by atomic mass is 10.4. The molecule has 7 nitrogen and oxygen atoms in total. The van der Waals surface area contributed by atoms with Crippen molar-refractivity contribution in [2.24, 2.45) is 0 Å². The summed E-state index contributed by atoms with van der Waals surface area (Å²) in [5, 5.41) is 17.9. The Morgan fingerprint density at radius 3 is 2.56 bits per heavy atom. The van der Waals surface area contributed by atoms with Gasteiger partial charge in [-0.1, -0.05) is 5.10 Å². The van der Waals surface area contributed by atoms with E-state index in [4.69, 9.17) is 16.0 Å². The molecule has 0 unspecified atom stereocenters. The fourth-order valence-electron chi connectivity index (χ4n) is 0.964. The van der Waals surface area contributed by atoms with E-state index in [0.717, 1.165) is 11.4 Å². The predicted molar refractivity (Wildman–Crippen MR) is 56.4 cm³/mol. The second-order valence-electron chi connectivity index (χ2n) is 3.07. The number of nitrogens with zero attached hydrogens (tertiary/aromatic N) is 5. The SMILES string of the molecule is Cc1nnc(Nc2nnc(CCl)o2)nc1C. The largest absolute Gasteiger partial charge is 0.407 e. The number of aromatic nitrogens is 5. The normalized spacial score (nSPS) is 10.4. The summed E-state index contributed by atoms with van der Waals surface area (Å²) in [5.74, 6) is 0.814. The Morgan fingerprint density at radius 2 is 1.94 bits per heavy atom. The van der Waals surface area contributed by atoms with Crippen LogP contribution in [0.2, 0.25) is 0 Å². The molecule has 0 bridgehead atoms. The molecule has 84 valence electrons. The van der Waals surface area contributed by atoms with Crippen LogP contribution in [-0.2, 0) is 5.88 Å². The van der Waals surface area contributed by atoms with Crippen LogP contribution in [-0.4, -0.2) is 25.4 Å². The van der Waals surface area contributed by atoms with Gasteiger partial charge in [-0.15, -0.1) is 21.8 Å². The number of anilines is 2. The van der Waals surface area contributed by atoms with Gasteiger partial charge in [0.2, 0.25) is 5.89 Å². The molecule has 0 saturated carbocycles. The third-order valence-electron chi connectivity index (χ3n) is 1.89. The molecule has 0 radical (unpaired) electrons. The maximum absolute atomic E-state index is 5.52. The molecule has 2 aromatic heterocycles. The molecule has 2 rings (SSSR count). The standard InChI is InChI=1S/C8H9ClN6O/c1-4-5(2)12-14-7(10-4)11-8-15-13-6(3-9)16-8/h3H2,1-2H3,(H,10,11,14,15). The highest BCUT2D eigenvalue weighted by Gasteiger charge is 2.07. The molecule has 0 saturated heterocycles. The molecule has 0 fully saturated rings. The highest BCUT2D eigenvalue weighted by Crippen LogP contribution is 2.12. The van der Waals surface area contributed by atoms with Crippen molar-refractivity contribution >= 4 is 23.6 Å². The van der Waals surface area contributed by atoms with E-state index in [1.165, 1.54) is 0 Å². The third kappa shape index (κ3) is 2.25. The number of alkyl halides is 1. The van der Waals surface area contributed by atoms with E-state index in [1.807, 2.05) is 13.8 Å². The van der Waals surface area contributed by atoms with Gasteiger partial charge in [0.25, 0.3) is 5.95 Å². The maximum atomic E-state index is 5.52. The van der Waals surface area contributed by atoms with Crippen molar-refractivity contribution in [2.45, 2.75) is 19.7 Å². The molecule has 8 heteroatoms. The number of hydrogen-bond acceptors (Lipinski definition) is 7. The summed E-state index contributed by atoms with van der Waals surface area (Å²) in [4.78, 5) is 4.16. The highest BCUT2D eigenvalue weighted by molar-refractivity contribution is 6.16. The molecule has 0 aromatic carbocycles. The molecular weight excluding hydrogens is 232 g/mol. The first-order chi connectivity index (χ1) is 7.69. The molecule has 0 aliphatic rings. The molecule has 0 aliphatic carbocycles. The Balaban J connectivity index is 2.17. The minimum absolute atomic E-state index is 0.167. The summed E-state index contributed by atoms with van der Waals surface area (Å²) in [6.07, 6.45) is 0. The average molecular weight is 241 g/mol.